The zero-order valence-electron chi connectivity index (χ0n) is 12.7. The summed E-state index contributed by atoms with van der Waals surface area (Å²) in [5.41, 5.74) is 8.06. The van der Waals surface area contributed by atoms with Crippen LogP contribution >= 0.6 is 0 Å². The highest BCUT2D eigenvalue weighted by atomic mass is 16.5. The molecule has 3 rings (SSSR count). The van der Waals surface area contributed by atoms with E-state index >= 15 is 0 Å². The lowest BCUT2D eigenvalue weighted by molar-refractivity contribution is -0.141. The van der Waals surface area contributed by atoms with Gasteiger partial charge in [-0.2, -0.15) is 0 Å². The number of carbonyl (C=O) groups is 1. The molecular weight excluding hydrogens is 264 g/mol. The Morgan fingerprint density at radius 3 is 2.48 bits per heavy atom. The monoisotopic (exact) mass is 288 g/mol. The van der Waals surface area contributed by atoms with Crippen molar-refractivity contribution in [1.82, 2.24) is 4.90 Å². The lowest BCUT2D eigenvalue weighted by atomic mass is 9.89. The molecule has 1 aromatic carbocycles. The molecule has 2 N–H and O–H groups in total. The van der Waals surface area contributed by atoms with Crippen LogP contribution in [0.4, 0.5) is 0 Å². The van der Waals surface area contributed by atoms with Gasteiger partial charge in [-0.25, -0.2) is 0 Å². The molecule has 1 aromatic rings. The first-order chi connectivity index (χ1) is 10.1. The first-order valence-corrected chi connectivity index (χ1v) is 7.82. The molecule has 1 aliphatic carbocycles. The fourth-order valence-corrected chi connectivity index (χ4v) is 2.88. The van der Waals surface area contributed by atoms with Gasteiger partial charge >= 0.3 is 0 Å². The van der Waals surface area contributed by atoms with E-state index in [0.717, 1.165) is 12.8 Å². The maximum absolute atomic E-state index is 12.9. The molecule has 0 spiro atoms. The van der Waals surface area contributed by atoms with Gasteiger partial charge in [-0.15, -0.1) is 0 Å². The summed E-state index contributed by atoms with van der Waals surface area (Å²) in [6, 6.07) is 8.77. The maximum Gasteiger partial charge on any atom is 0.243 e. The number of ether oxygens (including phenoxy) is 1. The number of nitrogens with two attached hydrogens (primary N) is 1. The minimum absolute atomic E-state index is 0.105. The largest absolute Gasteiger partial charge is 0.381 e. The van der Waals surface area contributed by atoms with E-state index in [1.165, 1.54) is 11.1 Å². The van der Waals surface area contributed by atoms with E-state index in [9.17, 15) is 4.79 Å². The molecule has 21 heavy (non-hydrogen) atoms. The lowest BCUT2D eigenvalue weighted by Crippen LogP contribution is -2.58. The molecule has 0 aromatic heterocycles. The molecule has 1 saturated carbocycles. The second kappa shape index (κ2) is 5.78. The summed E-state index contributed by atoms with van der Waals surface area (Å²) in [4.78, 5) is 14.9. The number of hydrogen-bond acceptors (Lipinski definition) is 3. The van der Waals surface area contributed by atoms with Gasteiger partial charge < -0.3 is 15.4 Å². The van der Waals surface area contributed by atoms with Crippen molar-refractivity contribution in [3.8, 4) is 0 Å². The molecule has 0 radical (unpaired) electrons. The summed E-state index contributed by atoms with van der Waals surface area (Å²) in [7, 11) is 0. The van der Waals surface area contributed by atoms with Gasteiger partial charge in [0.2, 0.25) is 5.91 Å². The van der Waals surface area contributed by atoms with Crippen molar-refractivity contribution in [1.29, 1.82) is 0 Å². The van der Waals surface area contributed by atoms with Crippen LogP contribution in [0.5, 0.6) is 0 Å². The van der Waals surface area contributed by atoms with Crippen LogP contribution in [0.15, 0.2) is 24.3 Å². The van der Waals surface area contributed by atoms with E-state index in [1.807, 2.05) is 4.90 Å². The zero-order valence-corrected chi connectivity index (χ0v) is 12.7. The molecule has 2 fully saturated rings. The Labute approximate surface area is 126 Å². The molecule has 1 amide bonds. The minimum Gasteiger partial charge on any atom is -0.381 e. The molecule has 1 saturated heterocycles. The SMILES string of the molecule is Cc1ccc(CN(C(=O)C2(N)CCOCC2)C2CC2)cc1. The van der Waals surface area contributed by atoms with E-state index < -0.39 is 5.54 Å². The number of aryl methyl sites for hydroxylation is 1. The molecule has 4 nitrogen and oxygen atoms in total. The van der Waals surface area contributed by atoms with Gasteiger partial charge in [0.1, 0.15) is 0 Å². The van der Waals surface area contributed by atoms with Crippen molar-refractivity contribution >= 4 is 5.91 Å². The quantitative estimate of drug-likeness (QED) is 0.922. The first kappa shape index (κ1) is 14.5. The second-order valence-electron chi connectivity index (χ2n) is 6.42. The fourth-order valence-electron chi connectivity index (χ4n) is 2.88. The topological polar surface area (TPSA) is 55.6 Å². The van der Waals surface area contributed by atoms with Crippen LogP contribution in [0, 0.1) is 6.92 Å². The number of carbonyl (C=O) groups excluding carboxylic acids is 1. The van der Waals surface area contributed by atoms with Crippen LogP contribution in [0.1, 0.15) is 36.8 Å². The normalized spacial score (nSPS) is 21.0. The number of rotatable bonds is 4. The van der Waals surface area contributed by atoms with E-state index in [0.29, 0.717) is 38.6 Å². The maximum atomic E-state index is 12.9. The summed E-state index contributed by atoms with van der Waals surface area (Å²) >= 11 is 0. The molecule has 4 heteroatoms. The summed E-state index contributed by atoms with van der Waals surface area (Å²) < 4.78 is 5.35. The van der Waals surface area contributed by atoms with Crippen LogP contribution in [0.25, 0.3) is 0 Å². The lowest BCUT2D eigenvalue weighted by Gasteiger charge is -2.37. The number of benzene rings is 1. The molecular formula is C17H24N2O2. The predicted molar refractivity (Wildman–Crippen MR) is 81.7 cm³/mol. The molecule has 114 valence electrons. The third kappa shape index (κ3) is 3.27. The minimum atomic E-state index is -0.731. The highest BCUT2D eigenvalue weighted by Crippen LogP contribution is 2.32. The van der Waals surface area contributed by atoms with Crippen molar-refractivity contribution in [3.05, 3.63) is 35.4 Å². The number of amides is 1. The molecule has 0 unspecified atom stereocenters. The van der Waals surface area contributed by atoms with Crippen molar-refractivity contribution in [3.63, 3.8) is 0 Å². The molecule has 0 bridgehead atoms. The van der Waals surface area contributed by atoms with Gasteiger partial charge in [-0.3, -0.25) is 4.79 Å². The van der Waals surface area contributed by atoms with Gasteiger partial charge in [0, 0.05) is 25.8 Å². The third-order valence-electron chi connectivity index (χ3n) is 4.53. The standard InChI is InChI=1S/C17H24N2O2/c1-13-2-4-14(5-3-13)12-19(15-6-7-15)16(20)17(18)8-10-21-11-9-17/h2-5,15H,6-12,18H2,1H3. The van der Waals surface area contributed by atoms with Gasteiger partial charge in [0.25, 0.3) is 0 Å². The van der Waals surface area contributed by atoms with Crippen molar-refractivity contribution in [2.24, 2.45) is 5.73 Å². The highest BCUT2D eigenvalue weighted by Gasteiger charge is 2.43. The Morgan fingerprint density at radius 2 is 1.90 bits per heavy atom. The van der Waals surface area contributed by atoms with E-state index in [2.05, 4.69) is 31.2 Å². The summed E-state index contributed by atoms with van der Waals surface area (Å²) in [6.45, 7) is 3.92. The van der Waals surface area contributed by atoms with Crippen molar-refractivity contribution < 1.29 is 9.53 Å². The van der Waals surface area contributed by atoms with Crippen LogP contribution < -0.4 is 5.73 Å². The summed E-state index contributed by atoms with van der Waals surface area (Å²) in [6.07, 6.45) is 3.46. The smallest absolute Gasteiger partial charge is 0.243 e. The third-order valence-corrected chi connectivity index (χ3v) is 4.53. The Morgan fingerprint density at radius 1 is 1.29 bits per heavy atom. The molecule has 0 atom stereocenters. The number of hydrogen-bond donors (Lipinski definition) is 1. The van der Waals surface area contributed by atoms with Crippen LogP contribution in [0.2, 0.25) is 0 Å². The second-order valence-corrected chi connectivity index (χ2v) is 6.42. The fraction of sp³-hybridized carbons (Fsp3) is 0.588. The number of nitrogens with zero attached hydrogens (tertiary/aromatic N) is 1. The van der Waals surface area contributed by atoms with Gasteiger partial charge in [-0.1, -0.05) is 29.8 Å². The van der Waals surface area contributed by atoms with Crippen LogP contribution in [0.3, 0.4) is 0 Å². The molecule has 1 heterocycles. The zero-order chi connectivity index (χ0) is 14.9. The van der Waals surface area contributed by atoms with Crippen molar-refractivity contribution in [2.75, 3.05) is 13.2 Å². The van der Waals surface area contributed by atoms with Gasteiger partial charge in [0.15, 0.2) is 0 Å². The highest BCUT2D eigenvalue weighted by molar-refractivity contribution is 5.86. The first-order valence-electron chi connectivity index (χ1n) is 7.82. The average Bonchev–Trinajstić information content (AvgIpc) is 3.31. The van der Waals surface area contributed by atoms with Crippen molar-refractivity contribution in [2.45, 2.75) is 50.7 Å². The van der Waals surface area contributed by atoms with E-state index in [-0.39, 0.29) is 5.91 Å². The average molecular weight is 288 g/mol. The Bertz CT molecular complexity index is 502. The van der Waals surface area contributed by atoms with Crippen LogP contribution in [-0.4, -0.2) is 35.6 Å². The Kier molecular flexibility index (Phi) is 4.00. The van der Waals surface area contributed by atoms with Crippen LogP contribution in [-0.2, 0) is 16.1 Å². The Balaban J connectivity index is 1.74. The predicted octanol–water partition coefficient (Wildman–Crippen LogP) is 1.99. The van der Waals surface area contributed by atoms with Gasteiger partial charge in [0.05, 0.1) is 5.54 Å². The summed E-state index contributed by atoms with van der Waals surface area (Å²) in [5.74, 6) is 0.105. The molecule has 2 aliphatic rings. The molecule has 1 aliphatic heterocycles. The van der Waals surface area contributed by atoms with Gasteiger partial charge in [-0.05, 0) is 38.2 Å². The van der Waals surface area contributed by atoms with E-state index in [4.69, 9.17) is 10.5 Å². The summed E-state index contributed by atoms with van der Waals surface area (Å²) in [5, 5.41) is 0. The van der Waals surface area contributed by atoms with E-state index in [1.54, 1.807) is 0 Å². The Hall–Kier alpha value is -1.39.